The van der Waals surface area contributed by atoms with Gasteiger partial charge in [0.25, 0.3) is 0 Å². The molecule has 0 atom stereocenters. The highest BCUT2D eigenvalue weighted by atomic mass is 16.3. The number of aromatic hydroxyl groups is 1. The Kier molecular flexibility index (Phi) is 5.29. The zero-order valence-corrected chi connectivity index (χ0v) is 10.1. The second-order valence-electron chi connectivity index (χ2n) is 3.86. The van der Waals surface area contributed by atoms with Crippen molar-refractivity contribution in [2.45, 2.75) is 26.9 Å². The van der Waals surface area contributed by atoms with E-state index in [0.29, 0.717) is 5.56 Å². The van der Waals surface area contributed by atoms with Gasteiger partial charge in [0.15, 0.2) is 0 Å². The molecule has 1 aromatic carbocycles. The van der Waals surface area contributed by atoms with Crippen LogP contribution in [0.2, 0.25) is 0 Å². The summed E-state index contributed by atoms with van der Waals surface area (Å²) in [6.45, 7) is 7.15. The lowest BCUT2D eigenvalue weighted by Gasteiger charge is -2.18. The van der Waals surface area contributed by atoms with E-state index in [4.69, 9.17) is 5.11 Å². The van der Waals surface area contributed by atoms with Crippen LogP contribution < -0.4 is 0 Å². The largest absolute Gasteiger partial charge is 0.507 e. The summed E-state index contributed by atoms with van der Waals surface area (Å²) in [5, 5.41) is 18.9. The summed E-state index contributed by atoms with van der Waals surface area (Å²) in [4.78, 5) is 2.31. The Morgan fingerprint density at radius 2 is 1.75 bits per heavy atom. The number of rotatable bonds is 6. The van der Waals surface area contributed by atoms with Gasteiger partial charge < -0.3 is 15.1 Å². The molecule has 3 heteroatoms. The van der Waals surface area contributed by atoms with E-state index < -0.39 is 0 Å². The van der Waals surface area contributed by atoms with E-state index >= 15 is 0 Å². The molecule has 0 fully saturated rings. The molecule has 0 spiro atoms. The van der Waals surface area contributed by atoms with Crippen LogP contribution in [0, 0.1) is 0 Å². The van der Waals surface area contributed by atoms with Crippen LogP contribution in [0.25, 0.3) is 0 Å². The average Bonchev–Trinajstić information content (AvgIpc) is 2.32. The van der Waals surface area contributed by atoms with Crippen molar-refractivity contribution in [2.75, 3.05) is 19.6 Å². The summed E-state index contributed by atoms with van der Waals surface area (Å²) in [6, 6.07) is 5.54. The van der Waals surface area contributed by atoms with E-state index in [9.17, 15) is 5.11 Å². The number of nitrogens with zero attached hydrogens (tertiary/aromatic N) is 1. The van der Waals surface area contributed by atoms with Gasteiger partial charge in [-0.2, -0.15) is 0 Å². The van der Waals surface area contributed by atoms with Crippen LogP contribution in [0.4, 0.5) is 0 Å². The Morgan fingerprint density at radius 1 is 1.12 bits per heavy atom. The average molecular weight is 223 g/mol. The maximum absolute atomic E-state index is 9.87. The number of para-hydroxylation sites is 1. The molecule has 0 bridgehead atoms. The highest BCUT2D eigenvalue weighted by Gasteiger charge is 2.07. The van der Waals surface area contributed by atoms with E-state index in [2.05, 4.69) is 18.7 Å². The minimum absolute atomic E-state index is 0.106. The molecule has 3 nitrogen and oxygen atoms in total. The minimum Gasteiger partial charge on any atom is -0.507 e. The molecule has 1 rings (SSSR count). The van der Waals surface area contributed by atoms with Gasteiger partial charge in [-0.1, -0.05) is 32.0 Å². The zero-order valence-electron chi connectivity index (χ0n) is 10.1. The van der Waals surface area contributed by atoms with Crippen molar-refractivity contribution in [3.8, 4) is 5.75 Å². The number of aliphatic hydroxyl groups is 1. The number of hydrogen-bond acceptors (Lipinski definition) is 3. The van der Waals surface area contributed by atoms with Gasteiger partial charge in [-0.25, -0.2) is 0 Å². The van der Waals surface area contributed by atoms with Crippen LogP contribution in [0.1, 0.15) is 25.0 Å². The molecule has 0 amide bonds. The first-order valence-corrected chi connectivity index (χ1v) is 5.85. The third-order valence-corrected chi connectivity index (χ3v) is 2.97. The van der Waals surface area contributed by atoms with Gasteiger partial charge in [0, 0.05) is 12.1 Å². The van der Waals surface area contributed by atoms with Gasteiger partial charge in [0.2, 0.25) is 0 Å². The molecule has 0 heterocycles. The van der Waals surface area contributed by atoms with Crippen molar-refractivity contribution in [2.24, 2.45) is 0 Å². The highest BCUT2D eigenvalue weighted by Crippen LogP contribution is 2.22. The quantitative estimate of drug-likeness (QED) is 0.772. The standard InChI is InChI=1S/C13H21NO2/c1-3-14(4-2)9-8-11-6-5-7-12(10-15)13(11)16/h5-7,15-16H,3-4,8-10H2,1-2H3. The number of aliphatic hydroxyl groups excluding tert-OH is 1. The van der Waals surface area contributed by atoms with E-state index in [1.54, 1.807) is 6.07 Å². The molecule has 16 heavy (non-hydrogen) atoms. The zero-order chi connectivity index (χ0) is 12.0. The smallest absolute Gasteiger partial charge is 0.124 e. The molecular weight excluding hydrogens is 202 g/mol. The van der Waals surface area contributed by atoms with Gasteiger partial charge in [-0.05, 0) is 25.1 Å². The van der Waals surface area contributed by atoms with Crippen LogP contribution in [-0.4, -0.2) is 34.7 Å². The molecule has 0 radical (unpaired) electrons. The van der Waals surface area contributed by atoms with Crippen LogP contribution in [0.3, 0.4) is 0 Å². The van der Waals surface area contributed by atoms with E-state index in [1.165, 1.54) is 0 Å². The molecule has 0 unspecified atom stereocenters. The molecular formula is C13H21NO2. The molecule has 0 aromatic heterocycles. The SMILES string of the molecule is CCN(CC)CCc1cccc(CO)c1O. The van der Waals surface area contributed by atoms with E-state index in [0.717, 1.165) is 31.6 Å². The first-order valence-electron chi connectivity index (χ1n) is 5.85. The molecule has 0 aliphatic heterocycles. The van der Waals surface area contributed by atoms with Gasteiger partial charge in [-0.3, -0.25) is 0 Å². The maximum Gasteiger partial charge on any atom is 0.124 e. The number of hydrogen-bond donors (Lipinski definition) is 2. The summed E-state index contributed by atoms with van der Waals surface area (Å²) >= 11 is 0. The summed E-state index contributed by atoms with van der Waals surface area (Å²) in [7, 11) is 0. The van der Waals surface area contributed by atoms with Crippen LogP contribution in [0.5, 0.6) is 5.75 Å². The van der Waals surface area contributed by atoms with Crippen molar-refractivity contribution in [1.82, 2.24) is 4.90 Å². The predicted molar refractivity (Wildman–Crippen MR) is 65.5 cm³/mol. The third-order valence-electron chi connectivity index (χ3n) is 2.97. The molecule has 0 aliphatic rings. The van der Waals surface area contributed by atoms with Crippen LogP contribution in [-0.2, 0) is 13.0 Å². The Hall–Kier alpha value is -1.06. The fourth-order valence-electron chi connectivity index (χ4n) is 1.79. The van der Waals surface area contributed by atoms with Gasteiger partial charge in [0.05, 0.1) is 6.61 Å². The Balaban J connectivity index is 2.66. The maximum atomic E-state index is 9.87. The third kappa shape index (κ3) is 3.22. The van der Waals surface area contributed by atoms with Gasteiger partial charge >= 0.3 is 0 Å². The second-order valence-corrected chi connectivity index (χ2v) is 3.86. The predicted octanol–water partition coefficient (Wildman–Crippen LogP) is 1.77. The number of likely N-dealkylation sites (N-methyl/N-ethyl adjacent to an activating group) is 1. The minimum atomic E-state index is -0.106. The Morgan fingerprint density at radius 3 is 2.31 bits per heavy atom. The second kappa shape index (κ2) is 6.51. The van der Waals surface area contributed by atoms with Gasteiger partial charge in [0.1, 0.15) is 5.75 Å². The number of benzene rings is 1. The summed E-state index contributed by atoms with van der Waals surface area (Å²) < 4.78 is 0. The topological polar surface area (TPSA) is 43.7 Å². The highest BCUT2D eigenvalue weighted by molar-refractivity contribution is 5.40. The molecule has 2 N–H and O–H groups in total. The fourth-order valence-corrected chi connectivity index (χ4v) is 1.79. The van der Waals surface area contributed by atoms with Crippen molar-refractivity contribution < 1.29 is 10.2 Å². The summed E-state index contributed by atoms with van der Waals surface area (Å²) in [6.07, 6.45) is 0.821. The van der Waals surface area contributed by atoms with Crippen molar-refractivity contribution in [3.05, 3.63) is 29.3 Å². The fraction of sp³-hybridized carbons (Fsp3) is 0.538. The van der Waals surface area contributed by atoms with Crippen molar-refractivity contribution in [3.63, 3.8) is 0 Å². The van der Waals surface area contributed by atoms with E-state index in [1.807, 2.05) is 12.1 Å². The van der Waals surface area contributed by atoms with Gasteiger partial charge in [-0.15, -0.1) is 0 Å². The molecule has 0 saturated carbocycles. The van der Waals surface area contributed by atoms with E-state index in [-0.39, 0.29) is 12.4 Å². The van der Waals surface area contributed by atoms with Crippen LogP contribution >= 0.6 is 0 Å². The first-order chi connectivity index (χ1) is 7.72. The van der Waals surface area contributed by atoms with Crippen molar-refractivity contribution >= 4 is 0 Å². The molecule has 1 aromatic rings. The Bertz CT molecular complexity index is 322. The summed E-state index contributed by atoms with van der Waals surface area (Å²) in [5.41, 5.74) is 1.52. The molecule has 90 valence electrons. The lowest BCUT2D eigenvalue weighted by Crippen LogP contribution is -2.25. The lowest BCUT2D eigenvalue weighted by atomic mass is 10.1. The normalized spacial score (nSPS) is 11.0. The monoisotopic (exact) mass is 223 g/mol. The van der Waals surface area contributed by atoms with Crippen LogP contribution in [0.15, 0.2) is 18.2 Å². The Labute approximate surface area is 97.3 Å². The first kappa shape index (κ1) is 13.0. The molecule has 0 saturated heterocycles. The molecule has 0 aliphatic carbocycles. The lowest BCUT2D eigenvalue weighted by molar-refractivity contribution is 0.274. The van der Waals surface area contributed by atoms with Crippen molar-refractivity contribution in [1.29, 1.82) is 0 Å². The number of phenols is 1. The summed E-state index contributed by atoms with van der Waals surface area (Å²) in [5.74, 6) is 0.247.